The van der Waals surface area contributed by atoms with Crippen molar-refractivity contribution in [2.45, 2.75) is 31.8 Å². The molecule has 0 saturated carbocycles. The molecule has 1 rings (SSSR count). The SMILES string of the molecule is CSCC[C@H](N)C(=O)NCCN1CCOCC1(C)C.Cl. The molecule has 1 heterocycles. The molecule has 0 aliphatic carbocycles. The van der Waals surface area contributed by atoms with Gasteiger partial charge in [0.25, 0.3) is 0 Å². The lowest BCUT2D eigenvalue weighted by Crippen LogP contribution is -2.55. The molecule has 1 amide bonds. The van der Waals surface area contributed by atoms with Crippen LogP contribution in [0, 0.1) is 0 Å². The van der Waals surface area contributed by atoms with Crippen molar-refractivity contribution in [3.05, 3.63) is 0 Å². The van der Waals surface area contributed by atoms with E-state index in [9.17, 15) is 4.79 Å². The van der Waals surface area contributed by atoms with Gasteiger partial charge in [-0.1, -0.05) is 0 Å². The van der Waals surface area contributed by atoms with Crippen molar-refractivity contribution in [2.75, 3.05) is 44.9 Å². The summed E-state index contributed by atoms with van der Waals surface area (Å²) in [6.07, 6.45) is 2.75. The summed E-state index contributed by atoms with van der Waals surface area (Å²) in [4.78, 5) is 14.1. The van der Waals surface area contributed by atoms with Gasteiger partial charge in [0.2, 0.25) is 5.91 Å². The summed E-state index contributed by atoms with van der Waals surface area (Å²) < 4.78 is 5.47. The lowest BCUT2D eigenvalue weighted by Gasteiger charge is -2.42. The molecule has 1 aliphatic rings. The fourth-order valence-corrected chi connectivity index (χ4v) is 2.62. The molecular formula is C13H28ClN3O2S. The first-order valence-electron chi connectivity index (χ1n) is 6.82. The maximum atomic E-state index is 11.8. The van der Waals surface area contributed by atoms with Crippen LogP contribution < -0.4 is 11.1 Å². The fraction of sp³-hybridized carbons (Fsp3) is 0.923. The molecule has 1 fully saturated rings. The third-order valence-electron chi connectivity index (χ3n) is 3.47. The number of rotatable bonds is 7. The molecule has 0 bridgehead atoms. The minimum absolute atomic E-state index is 0. The molecule has 0 spiro atoms. The maximum Gasteiger partial charge on any atom is 0.236 e. The summed E-state index contributed by atoms with van der Waals surface area (Å²) in [7, 11) is 0. The summed E-state index contributed by atoms with van der Waals surface area (Å²) in [6.45, 7) is 8.25. The number of carbonyl (C=O) groups excluding carboxylic acids is 1. The van der Waals surface area contributed by atoms with Crippen molar-refractivity contribution >= 4 is 30.1 Å². The Kier molecular flexibility index (Phi) is 9.84. The second kappa shape index (κ2) is 9.84. The standard InChI is InChI=1S/C13H27N3O2S.ClH/c1-13(2)10-18-8-7-16(13)6-5-15-12(17)11(14)4-9-19-3;/h11H,4-10,14H2,1-3H3,(H,15,17);1H/t11-;/m0./s1. The highest BCUT2D eigenvalue weighted by Crippen LogP contribution is 2.17. The number of carbonyl (C=O) groups is 1. The van der Waals surface area contributed by atoms with Crippen LogP contribution in [-0.2, 0) is 9.53 Å². The monoisotopic (exact) mass is 325 g/mol. The predicted octanol–water partition coefficient (Wildman–Crippen LogP) is 0.716. The Morgan fingerprint density at radius 3 is 2.85 bits per heavy atom. The Bertz CT molecular complexity index is 293. The molecule has 0 radical (unpaired) electrons. The lowest BCUT2D eigenvalue weighted by atomic mass is 10.0. The average molecular weight is 326 g/mol. The number of thioether (sulfide) groups is 1. The predicted molar refractivity (Wildman–Crippen MR) is 87.7 cm³/mol. The van der Waals surface area contributed by atoms with E-state index in [1.807, 2.05) is 6.26 Å². The van der Waals surface area contributed by atoms with Crippen LogP contribution in [0.3, 0.4) is 0 Å². The lowest BCUT2D eigenvalue weighted by molar-refractivity contribution is -0.122. The van der Waals surface area contributed by atoms with Crippen molar-refractivity contribution < 1.29 is 9.53 Å². The van der Waals surface area contributed by atoms with Crippen LogP contribution >= 0.6 is 24.2 Å². The molecule has 1 saturated heterocycles. The van der Waals surface area contributed by atoms with Crippen molar-refractivity contribution in [3.8, 4) is 0 Å². The second-order valence-corrected chi connectivity index (χ2v) is 6.52. The number of ether oxygens (including phenoxy) is 1. The number of morpholine rings is 1. The third kappa shape index (κ3) is 6.63. The minimum atomic E-state index is -0.384. The summed E-state index contributed by atoms with van der Waals surface area (Å²) in [6, 6.07) is -0.384. The van der Waals surface area contributed by atoms with Crippen LogP contribution in [-0.4, -0.2) is 67.2 Å². The Morgan fingerprint density at radius 1 is 1.55 bits per heavy atom. The van der Waals surface area contributed by atoms with Gasteiger partial charge >= 0.3 is 0 Å². The van der Waals surface area contributed by atoms with Crippen LogP contribution in [0.2, 0.25) is 0 Å². The van der Waals surface area contributed by atoms with Crippen LogP contribution in [0.4, 0.5) is 0 Å². The van der Waals surface area contributed by atoms with Gasteiger partial charge in [0.15, 0.2) is 0 Å². The van der Waals surface area contributed by atoms with Crippen LogP contribution in [0.5, 0.6) is 0 Å². The molecule has 0 unspecified atom stereocenters. The second-order valence-electron chi connectivity index (χ2n) is 5.53. The zero-order chi connectivity index (χ0) is 14.3. The molecule has 3 N–H and O–H groups in total. The number of nitrogens with zero attached hydrogens (tertiary/aromatic N) is 1. The van der Waals surface area contributed by atoms with E-state index in [0.29, 0.717) is 6.54 Å². The summed E-state index contributed by atoms with van der Waals surface area (Å²) in [5, 5.41) is 2.92. The summed E-state index contributed by atoms with van der Waals surface area (Å²) in [5.74, 6) is 0.880. The Labute approximate surface area is 132 Å². The highest BCUT2D eigenvalue weighted by molar-refractivity contribution is 7.98. The number of nitrogens with one attached hydrogen (secondary N) is 1. The van der Waals surface area contributed by atoms with E-state index in [4.69, 9.17) is 10.5 Å². The highest BCUT2D eigenvalue weighted by Gasteiger charge is 2.29. The van der Waals surface area contributed by atoms with Crippen molar-refractivity contribution in [1.29, 1.82) is 0 Å². The third-order valence-corrected chi connectivity index (χ3v) is 4.11. The maximum absolute atomic E-state index is 11.8. The molecule has 0 aromatic carbocycles. The van der Waals surface area contributed by atoms with Gasteiger partial charge in [0.1, 0.15) is 0 Å². The van der Waals surface area contributed by atoms with Crippen LogP contribution in [0.25, 0.3) is 0 Å². The average Bonchev–Trinajstić information content (AvgIpc) is 2.37. The zero-order valence-electron chi connectivity index (χ0n) is 12.7. The van der Waals surface area contributed by atoms with E-state index in [2.05, 4.69) is 24.1 Å². The topological polar surface area (TPSA) is 67.6 Å². The number of hydrogen-bond donors (Lipinski definition) is 2. The van der Waals surface area contributed by atoms with Gasteiger partial charge in [0.05, 0.1) is 19.3 Å². The van der Waals surface area contributed by atoms with Crippen LogP contribution in [0.15, 0.2) is 0 Å². The first-order valence-corrected chi connectivity index (χ1v) is 8.22. The molecular weight excluding hydrogens is 298 g/mol. The molecule has 5 nitrogen and oxygen atoms in total. The van der Waals surface area contributed by atoms with Crippen molar-refractivity contribution in [1.82, 2.24) is 10.2 Å². The Hall–Kier alpha value is -0.0100. The molecule has 0 aromatic heterocycles. The molecule has 7 heteroatoms. The van der Waals surface area contributed by atoms with E-state index in [0.717, 1.165) is 38.5 Å². The number of nitrogens with two attached hydrogens (primary N) is 1. The quantitative estimate of drug-likeness (QED) is 0.722. The van der Waals surface area contributed by atoms with Gasteiger partial charge in [0, 0.05) is 25.2 Å². The van der Waals surface area contributed by atoms with Crippen molar-refractivity contribution in [3.63, 3.8) is 0 Å². The first kappa shape index (κ1) is 20.0. The normalized spacial score (nSPS) is 20.0. The van der Waals surface area contributed by atoms with Gasteiger partial charge < -0.3 is 15.8 Å². The van der Waals surface area contributed by atoms with Gasteiger partial charge in [-0.25, -0.2) is 0 Å². The Morgan fingerprint density at radius 2 is 2.25 bits per heavy atom. The van der Waals surface area contributed by atoms with E-state index in [1.54, 1.807) is 11.8 Å². The molecule has 0 aromatic rings. The van der Waals surface area contributed by atoms with E-state index in [1.165, 1.54) is 0 Å². The van der Waals surface area contributed by atoms with Gasteiger partial charge in [-0.2, -0.15) is 11.8 Å². The molecule has 120 valence electrons. The summed E-state index contributed by atoms with van der Waals surface area (Å²) in [5.41, 5.74) is 5.86. The number of amides is 1. The van der Waals surface area contributed by atoms with Crippen LogP contribution in [0.1, 0.15) is 20.3 Å². The first-order chi connectivity index (χ1) is 8.97. The van der Waals surface area contributed by atoms with E-state index < -0.39 is 0 Å². The molecule has 1 atom stereocenters. The number of halogens is 1. The molecule has 1 aliphatic heterocycles. The van der Waals surface area contributed by atoms with Gasteiger partial charge in [-0.3, -0.25) is 9.69 Å². The fourth-order valence-electron chi connectivity index (χ4n) is 2.13. The number of hydrogen-bond acceptors (Lipinski definition) is 5. The zero-order valence-corrected chi connectivity index (χ0v) is 14.3. The minimum Gasteiger partial charge on any atom is -0.378 e. The van der Waals surface area contributed by atoms with Crippen molar-refractivity contribution in [2.24, 2.45) is 5.73 Å². The van der Waals surface area contributed by atoms with Gasteiger partial charge in [-0.15, -0.1) is 12.4 Å². The smallest absolute Gasteiger partial charge is 0.236 e. The van der Waals surface area contributed by atoms with E-state index in [-0.39, 0.29) is 29.9 Å². The highest BCUT2D eigenvalue weighted by atomic mass is 35.5. The van der Waals surface area contributed by atoms with E-state index >= 15 is 0 Å². The molecule has 20 heavy (non-hydrogen) atoms. The largest absolute Gasteiger partial charge is 0.378 e. The summed E-state index contributed by atoms with van der Waals surface area (Å²) >= 11 is 1.71. The Balaban J connectivity index is 0.00000361. The van der Waals surface area contributed by atoms with Gasteiger partial charge in [-0.05, 0) is 32.3 Å².